The molecule has 0 fully saturated rings. The molecular weight excluding hydrogens is 494 g/mol. The molecule has 4 aromatic rings. The Kier molecular flexibility index (Phi) is 6.50. The maximum absolute atomic E-state index is 13.0. The summed E-state index contributed by atoms with van der Waals surface area (Å²) in [5.74, 6) is 3.16. The van der Waals surface area contributed by atoms with Crippen molar-refractivity contribution in [1.82, 2.24) is 0 Å². The highest BCUT2D eigenvalue weighted by Crippen LogP contribution is 2.45. The monoisotopic (exact) mass is 521 g/mol. The van der Waals surface area contributed by atoms with Crippen molar-refractivity contribution >= 4 is 28.8 Å². The van der Waals surface area contributed by atoms with Crippen molar-refractivity contribution in [3.63, 3.8) is 0 Å². The van der Waals surface area contributed by atoms with Crippen LogP contribution in [0, 0.1) is 0 Å². The number of benzene rings is 4. The van der Waals surface area contributed by atoms with Crippen LogP contribution in [0.25, 0.3) is 0 Å². The minimum Gasteiger partial charge on any atom is -0.493 e. The maximum Gasteiger partial charge on any atom is 0.255 e. The molecule has 6 rings (SSSR count). The first kappa shape index (κ1) is 24.4. The van der Waals surface area contributed by atoms with E-state index in [-0.39, 0.29) is 12.5 Å². The molecule has 2 aliphatic heterocycles. The first-order valence-electron chi connectivity index (χ1n) is 12.6. The number of rotatable bonds is 7. The van der Waals surface area contributed by atoms with E-state index in [2.05, 4.69) is 10.2 Å². The quantitative estimate of drug-likeness (QED) is 0.322. The zero-order valence-electron chi connectivity index (χ0n) is 21.6. The molecule has 196 valence electrons. The van der Waals surface area contributed by atoms with Crippen LogP contribution < -0.4 is 29.2 Å². The Morgan fingerprint density at radius 1 is 0.974 bits per heavy atom. The van der Waals surface area contributed by atoms with Gasteiger partial charge in [0.1, 0.15) is 36.2 Å². The normalized spacial score (nSPS) is 13.2. The first-order chi connectivity index (χ1) is 19.1. The van der Waals surface area contributed by atoms with Gasteiger partial charge in [0, 0.05) is 16.8 Å². The molecule has 0 spiro atoms. The number of hydrogen-bond donors (Lipinski definition) is 1. The summed E-state index contributed by atoms with van der Waals surface area (Å²) in [6, 6.07) is 26.6. The number of carbonyl (C=O) groups excluding carboxylic acids is 1. The van der Waals surface area contributed by atoms with E-state index in [9.17, 15) is 4.79 Å². The zero-order chi connectivity index (χ0) is 26.8. The number of ether oxygens (including phenoxy) is 4. The van der Waals surface area contributed by atoms with Crippen molar-refractivity contribution in [2.45, 2.75) is 13.2 Å². The van der Waals surface area contributed by atoms with E-state index >= 15 is 0 Å². The van der Waals surface area contributed by atoms with E-state index in [1.165, 1.54) is 0 Å². The molecule has 0 unspecified atom stereocenters. The number of nitrogens with zero attached hydrogens (tertiary/aromatic N) is 2. The van der Waals surface area contributed by atoms with Gasteiger partial charge in [-0.1, -0.05) is 36.4 Å². The average Bonchev–Trinajstić information content (AvgIpc) is 2.99. The van der Waals surface area contributed by atoms with Gasteiger partial charge >= 0.3 is 0 Å². The second kappa shape index (κ2) is 10.4. The van der Waals surface area contributed by atoms with Crippen molar-refractivity contribution in [1.29, 1.82) is 0 Å². The molecule has 0 saturated heterocycles. The molecule has 8 nitrogen and oxygen atoms in total. The maximum atomic E-state index is 13.0. The summed E-state index contributed by atoms with van der Waals surface area (Å²) < 4.78 is 22.8. The lowest BCUT2D eigenvalue weighted by molar-refractivity contribution is 0.102. The molecule has 0 aromatic heterocycles. The molecule has 0 aliphatic carbocycles. The van der Waals surface area contributed by atoms with Gasteiger partial charge in [0.15, 0.2) is 11.5 Å². The van der Waals surface area contributed by atoms with Crippen LogP contribution in [0.3, 0.4) is 0 Å². The molecule has 0 atom stereocenters. The Morgan fingerprint density at radius 3 is 2.56 bits per heavy atom. The average molecular weight is 522 g/mol. The van der Waals surface area contributed by atoms with Gasteiger partial charge in [-0.2, -0.15) is 0 Å². The van der Waals surface area contributed by atoms with Crippen molar-refractivity contribution in [2.75, 3.05) is 31.0 Å². The van der Waals surface area contributed by atoms with Crippen LogP contribution in [0.5, 0.6) is 23.0 Å². The minimum atomic E-state index is -0.223. The Balaban J connectivity index is 1.15. The van der Waals surface area contributed by atoms with Crippen LogP contribution in [-0.2, 0) is 13.2 Å². The second-order valence-corrected chi connectivity index (χ2v) is 9.15. The molecule has 1 amide bonds. The SMILES string of the molecule is COc1ccc2c(c1OC)N=C1COc3cc(C(=O)Nc4ccc(OCc5ccccc5)cc4)ccc3N1C2. The van der Waals surface area contributed by atoms with Crippen molar-refractivity contribution in [3.8, 4) is 23.0 Å². The molecular formula is C31H27N3O5. The zero-order valence-corrected chi connectivity index (χ0v) is 21.6. The molecule has 1 N–H and O–H groups in total. The highest BCUT2D eigenvalue weighted by molar-refractivity contribution is 6.08. The predicted molar refractivity (Wildman–Crippen MR) is 150 cm³/mol. The third kappa shape index (κ3) is 4.84. The fraction of sp³-hybridized carbons (Fsp3) is 0.161. The van der Waals surface area contributed by atoms with Gasteiger partial charge in [-0.05, 0) is 54.1 Å². The summed E-state index contributed by atoms with van der Waals surface area (Å²) in [5, 5.41) is 2.95. The van der Waals surface area contributed by atoms with Crippen molar-refractivity contribution in [3.05, 3.63) is 102 Å². The fourth-order valence-electron chi connectivity index (χ4n) is 4.70. The van der Waals surface area contributed by atoms with Crippen LogP contribution in [0.15, 0.2) is 89.9 Å². The minimum absolute atomic E-state index is 0.223. The van der Waals surface area contributed by atoms with Crippen molar-refractivity contribution in [2.24, 2.45) is 4.99 Å². The van der Waals surface area contributed by atoms with Crippen LogP contribution in [-0.4, -0.2) is 32.6 Å². The number of aliphatic imine (C=N–C) groups is 1. The Labute approximate surface area is 226 Å². The van der Waals surface area contributed by atoms with E-state index in [1.54, 1.807) is 26.4 Å². The van der Waals surface area contributed by atoms with Gasteiger partial charge in [0.2, 0.25) is 0 Å². The van der Waals surface area contributed by atoms with Crippen molar-refractivity contribution < 1.29 is 23.7 Å². The number of amidine groups is 1. The van der Waals surface area contributed by atoms with Gasteiger partial charge in [-0.25, -0.2) is 4.99 Å². The highest BCUT2D eigenvalue weighted by Gasteiger charge is 2.31. The highest BCUT2D eigenvalue weighted by atomic mass is 16.5. The third-order valence-corrected chi connectivity index (χ3v) is 6.71. The lowest BCUT2D eigenvalue weighted by Crippen LogP contribution is -2.40. The molecule has 4 aromatic carbocycles. The summed E-state index contributed by atoms with van der Waals surface area (Å²) in [4.78, 5) is 19.9. The van der Waals surface area contributed by atoms with Crippen LogP contribution >= 0.6 is 0 Å². The van der Waals surface area contributed by atoms with E-state index < -0.39 is 0 Å². The topological polar surface area (TPSA) is 81.6 Å². The second-order valence-electron chi connectivity index (χ2n) is 9.15. The number of fused-ring (bicyclic) bond motifs is 4. The molecule has 0 saturated carbocycles. The smallest absolute Gasteiger partial charge is 0.255 e. The van der Waals surface area contributed by atoms with E-state index in [1.807, 2.05) is 72.8 Å². The van der Waals surface area contributed by atoms with Crippen LogP contribution in [0.1, 0.15) is 21.5 Å². The fourth-order valence-corrected chi connectivity index (χ4v) is 4.70. The summed E-state index contributed by atoms with van der Waals surface area (Å²) >= 11 is 0. The third-order valence-electron chi connectivity index (χ3n) is 6.71. The number of amides is 1. The standard InChI is InChI=1S/C31H27N3O5/c1-36-26-15-9-22-17-34-25-14-8-21(16-27(25)39-19-28(34)33-29(22)30(26)37-2)31(35)32-23-10-12-24(13-11-23)38-18-20-6-4-3-5-7-20/h3-16H,17-19H2,1-2H3,(H,32,35). The Morgan fingerprint density at radius 2 is 1.79 bits per heavy atom. The number of nitrogens with one attached hydrogen (secondary N) is 1. The Hall–Kier alpha value is -4.98. The van der Waals surface area contributed by atoms with Gasteiger partial charge in [-0.3, -0.25) is 4.79 Å². The summed E-state index contributed by atoms with van der Waals surface area (Å²) in [7, 11) is 3.22. The number of hydrogen-bond acceptors (Lipinski definition) is 7. The molecule has 0 radical (unpaired) electrons. The largest absolute Gasteiger partial charge is 0.493 e. The van der Waals surface area contributed by atoms with E-state index in [4.69, 9.17) is 23.9 Å². The molecule has 8 heteroatoms. The molecule has 2 aliphatic rings. The van der Waals surface area contributed by atoms with Gasteiger partial charge in [0.05, 0.1) is 26.5 Å². The lowest BCUT2D eigenvalue weighted by Gasteiger charge is -2.35. The number of carbonyl (C=O) groups is 1. The summed E-state index contributed by atoms with van der Waals surface area (Å²) in [6.07, 6.45) is 0. The lowest BCUT2D eigenvalue weighted by atomic mass is 10.1. The molecule has 2 heterocycles. The predicted octanol–water partition coefficient (Wildman–Crippen LogP) is 5.98. The van der Waals surface area contributed by atoms with E-state index in [0.29, 0.717) is 41.7 Å². The molecule has 0 bridgehead atoms. The number of methoxy groups -OCH3 is 2. The number of anilines is 2. The van der Waals surface area contributed by atoms with E-state index in [0.717, 1.165) is 34.1 Å². The van der Waals surface area contributed by atoms with Crippen LogP contribution in [0.2, 0.25) is 0 Å². The first-order valence-corrected chi connectivity index (χ1v) is 12.6. The summed E-state index contributed by atoms with van der Waals surface area (Å²) in [5.41, 5.74) is 4.90. The van der Waals surface area contributed by atoms with Crippen LogP contribution in [0.4, 0.5) is 17.1 Å². The van der Waals surface area contributed by atoms with Gasteiger partial charge in [-0.15, -0.1) is 0 Å². The molecule has 39 heavy (non-hydrogen) atoms. The van der Waals surface area contributed by atoms with Gasteiger partial charge < -0.3 is 29.2 Å². The Bertz CT molecular complexity index is 1550. The van der Waals surface area contributed by atoms with Gasteiger partial charge in [0.25, 0.3) is 5.91 Å². The summed E-state index contributed by atoms with van der Waals surface area (Å²) in [6.45, 7) is 1.37.